The quantitative estimate of drug-likeness (QED) is 0.174. The van der Waals surface area contributed by atoms with Crippen molar-refractivity contribution in [3.63, 3.8) is 0 Å². The van der Waals surface area contributed by atoms with Crippen molar-refractivity contribution < 1.29 is 89.5 Å². The normalized spacial score (nSPS) is 40.6. The van der Waals surface area contributed by atoms with Gasteiger partial charge in [-0.1, -0.05) is 98.9 Å². The Labute approximate surface area is 398 Å². The molecule has 0 aromatic carbocycles. The van der Waals surface area contributed by atoms with E-state index in [0.717, 1.165) is 0 Å². The molecular weight excluding hydrogens is 891 g/mol. The molecule has 3 heterocycles. The fourth-order valence-corrected chi connectivity index (χ4v) is 8.34. The van der Waals surface area contributed by atoms with Gasteiger partial charge in [-0.2, -0.15) is 0 Å². The van der Waals surface area contributed by atoms with Gasteiger partial charge in [0, 0.05) is 44.4 Å². The minimum Gasteiger partial charge on any atom is -0.481 e. The average molecular weight is 966 g/mol. The van der Waals surface area contributed by atoms with Crippen LogP contribution < -0.4 is 5.32 Å². The van der Waals surface area contributed by atoms with Gasteiger partial charge < -0.3 is 80.4 Å². The van der Waals surface area contributed by atoms with Gasteiger partial charge in [-0.25, -0.2) is 0 Å². The Morgan fingerprint density at radius 2 is 1.24 bits per heavy atom. The highest BCUT2D eigenvalue weighted by atomic mass is 16.7. The van der Waals surface area contributed by atoms with Crippen LogP contribution in [0.2, 0.25) is 0 Å². The number of rotatable bonds is 4. The van der Waals surface area contributed by atoms with E-state index in [9.17, 15) is 70.6 Å². The molecule has 0 aliphatic carbocycles. The fraction of sp³-hybridized carbons (Fsp3) is 0.653. The SMILES string of the molecule is CC(=O)NC1C(O)C(C)OC(O[C@H]2C=CC=CC=CC=CC=CC=CC=C[C@H](C)[C@@H](O)[C@@H](C)[C@H](C)OC(=O)C[C@H](O)C[C@H](O)CC[C@@H](O)[C@H](O)C[C@H](O)C[C@]3(O)C[C@H](O)[C@@H](C(=O)O)[C@H](C2)O3)C1O. The van der Waals surface area contributed by atoms with Gasteiger partial charge in [0.15, 0.2) is 12.1 Å². The fourth-order valence-electron chi connectivity index (χ4n) is 8.34. The molecule has 1 amide bonds. The molecule has 0 radical (unpaired) electrons. The van der Waals surface area contributed by atoms with Crippen molar-refractivity contribution in [2.45, 2.75) is 183 Å². The van der Waals surface area contributed by atoms with Crippen LogP contribution in [0, 0.1) is 17.8 Å². The second-order valence-electron chi connectivity index (χ2n) is 18.2. The van der Waals surface area contributed by atoms with E-state index >= 15 is 0 Å². The van der Waals surface area contributed by atoms with Crippen LogP contribution in [0.1, 0.15) is 86.0 Å². The number of ether oxygens (including phenoxy) is 4. The third-order valence-electron chi connectivity index (χ3n) is 12.3. The second kappa shape index (κ2) is 28.7. The second-order valence-corrected chi connectivity index (χ2v) is 18.2. The molecule has 2 fully saturated rings. The maximum atomic E-state index is 12.6. The van der Waals surface area contributed by atoms with Gasteiger partial charge in [0.2, 0.25) is 5.91 Å². The summed E-state index contributed by atoms with van der Waals surface area (Å²) in [7, 11) is 0. The molecular formula is C49H75NO18. The summed E-state index contributed by atoms with van der Waals surface area (Å²) < 4.78 is 23.3. The predicted octanol–water partition coefficient (Wildman–Crippen LogP) is 0.889. The highest BCUT2D eigenvalue weighted by molar-refractivity contribution is 5.73. The lowest BCUT2D eigenvalue weighted by molar-refractivity contribution is -0.309. The summed E-state index contributed by atoms with van der Waals surface area (Å²) in [4.78, 5) is 37.1. The number of carbonyl (C=O) groups is 3. The van der Waals surface area contributed by atoms with Gasteiger partial charge in [-0.3, -0.25) is 14.4 Å². The maximum Gasteiger partial charge on any atom is 0.311 e. The zero-order valence-corrected chi connectivity index (χ0v) is 39.4. The molecule has 5 unspecified atom stereocenters. The number of carbonyl (C=O) groups excluding carboxylic acids is 2. The van der Waals surface area contributed by atoms with Crippen molar-refractivity contribution in [1.29, 1.82) is 0 Å². The van der Waals surface area contributed by atoms with Gasteiger partial charge in [-0.15, -0.1) is 0 Å². The number of cyclic esters (lactones) is 1. The van der Waals surface area contributed by atoms with E-state index in [4.69, 9.17) is 18.9 Å². The molecule has 12 N–H and O–H groups in total. The average Bonchev–Trinajstić information content (AvgIpc) is 3.24. The Morgan fingerprint density at radius 1 is 0.662 bits per heavy atom. The molecule has 19 nitrogen and oxygen atoms in total. The van der Waals surface area contributed by atoms with Crippen LogP contribution in [0.25, 0.3) is 0 Å². The monoisotopic (exact) mass is 965 g/mol. The summed E-state index contributed by atoms with van der Waals surface area (Å²) in [5, 5.41) is 122. The molecule has 384 valence electrons. The van der Waals surface area contributed by atoms with Crippen LogP contribution in [-0.4, -0.2) is 171 Å². The minimum atomic E-state index is -2.36. The highest BCUT2D eigenvalue weighted by Gasteiger charge is 2.51. The number of aliphatic carboxylic acids is 1. The van der Waals surface area contributed by atoms with Crippen LogP contribution in [-0.2, 0) is 33.3 Å². The van der Waals surface area contributed by atoms with Gasteiger partial charge in [0.25, 0.3) is 0 Å². The van der Waals surface area contributed by atoms with E-state index in [1.807, 2.05) is 13.0 Å². The zero-order valence-electron chi connectivity index (χ0n) is 39.4. The van der Waals surface area contributed by atoms with Crippen molar-refractivity contribution in [2.24, 2.45) is 17.8 Å². The van der Waals surface area contributed by atoms with E-state index in [-0.39, 0.29) is 31.6 Å². The molecule has 0 aromatic rings. The summed E-state index contributed by atoms with van der Waals surface area (Å²) >= 11 is 0. The first-order valence-electron chi connectivity index (χ1n) is 23.2. The van der Waals surface area contributed by atoms with Crippen LogP contribution >= 0.6 is 0 Å². The molecule has 2 saturated heterocycles. The number of amides is 1. The summed E-state index contributed by atoms with van der Waals surface area (Å²) in [5.41, 5.74) is 0. The van der Waals surface area contributed by atoms with Gasteiger partial charge in [-0.05, 0) is 33.1 Å². The number of fused-ring (bicyclic) bond motifs is 2. The van der Waals surface area contributed by atoms with Gasteiger partial charge in [0.05, 0.1) is 73.5 Å². The smallest absolute Gasteiger partial charge is 0.311 e. The van der Waals surface area contributed by atoms with E-state index in [1.165, 1.54) is 19.9 Å². The Morgan fingerprint density at radius 3 is 1.81 bits per heavy atom. The van der Waals surface area contributed by atoms with Gasteiger partial charge >= 0.3 is 11.9 Å². The van der Waals surface area contributed by atoms with Gasteiger partial charge in [0.1, 0.15) is 24.2 Å². The third-order valence-corrected chi connectivity index (χ3v) is 12.3. The summed E-state index contributed by atoms with van der Waals surface area (Å²) in [6, 6.07) is -1.21. The first kappa shape index (κ1) is 58.4. The Hall–Kier alpha value is -3.93. The molecule has 3 rings (SSSR count). The highest BCUT2D eigenvalue weighted by Crippen LogP contribution is 2.38. The van der Waals surface area contributed by atoms with Crippen molar-refractivity contribution in [3.05, 3.63) is 85.1 Å². The molecule has 0 aromatic heterocycles. The summed E-state index contributed by atoms with van der Waals surface area (Å²) in [5.74, 6) is -7.49. The van der Waals surface area contributed by atoms with E-state index in [0.29, 0.717) is 0 Å². The number of hydrogen-bond acceptors (Lipinski definition) is 17. The Bertz CT molecular complexity index is 1780. The molecule has 0 spiro atoms. The van der Waals surface area contributed by atoms with E-state index in [2.05, 4.69) is 5.32 Å². The lowest BCUT2D eigenvalue weighted by Crippen LogP contribution is -2.64. The molecule has 19 atom stereocenters. The number of aliphatic hydroxyl groups is 10. The number of allylic oxidation sites excluding steroid dienone is 12. The number of hydrogen-bond donors (Lipinski definition) is 12. The van der Waals surface area contributed by atoms with Crippen LogP contribution in [0.5, 0.6) is 0 Å². The molecule has 3 aliphatic rings. The maximum absolute atomic E-state index is 12.6. The first-order valence-corrected chi connectivity index (χ1v) is 23.2. The largest absolute Gasteiger partial charge is 0.481 e. The van der Waals surface area contributed by atoms with Crippen LogP contribution in [0.15, 0.2) is 85.1 Å². The first-order chi connectivity index (χ1) is 32.0. The van der Waals surface area contributed by atoms with E-state index in [1.54, 1.807) is 86.8 Å². The summed E-state index contributed by atoms with van der Waals surface area (Å²) in [6.07, 6.45) is 2.48. The lowest BCUT2D eigenvalue weighted by Gasteiger charge is -2.45. The van der Waals surface area contributed by atoms with E-state index < -0.39 is 153 Å². The van der Waals surface area contributed by atoms with Crippen molar-refractivity contribution in [3.8, 4) is 0 Å². The number of aliphatic hydroxyl groups excluding tert-OH is 9. The molecule has 19 heteroatoms. The standard InChI is InChI=1S/C49H75NO18/c1-28-18-16-14-12-10-8-6-7-9-11-13-15-17-19-36(67-48-46(61)43(50-32(5)51)45(60)31(4)66-48)25-40-42(47(62)63)39(57)27-49(64,68-40)26-35(54)23-38(56)37(55)21-20-33(52)22-34(53)24-41(58)65-30(3)29(2)44(28)59/h6-19,28-31,33-40,42-46,48,52-57,59-61,64H,20-27H2,1-5H3,(H,50,51)(H,62,63)/t28-,29-,30-,31?,33+,34+,35-,36-,37+,38+,39-,40-,42+,43?,44+,45?,46?,48?,49+/m0/s1. The van der Waals surface area contributed by atoms with Crippen LogP contribution in [0.3, 0.4) is 0 Å². The topological polar surface area (TPSA) is 323 Å². The number of carboxylic acids is 1. The van der Waals surface area contributed by atoms with Crippen LogP contribution in [0.4, 0.5) is 0 Å². The Balaban J connectivity index is 1.90. The minimum absolute atomic E-state index is 0.119. The van der Waals surface area contributed by atoms with Crippen molar-refractivity contribution in [1.82, 2.24) is 5.32 Å². The number of carboxylic acid groups (broad SMARTS) is 1. The third kappa shape index (κ3) is 19.5. The number of nitrogens with one attached hydrogen (secondary N) is 1. The lowest BCUT2D eigenvalue weighted by atomic mass is 9.82. The number of esters is 1. The van der Waals surface area contributed by atoms with Crippen molar-refractivity contribution in [2.75, 3.05) is 0 Å². The van der Waals surface area contributed by atoms with Crippen molar-refractivity contribution >= 4 is 17.8 Å². The molecule has 0 saturated carbocycles. The summed E-state index contributed by atoms with van der Waals surface area (Å²) in [6.45, 7) is 7.90. The predicted molar refractivity (Wildman–Crippen MR) is 247 cm³/mol. The molecule has 2 bridgehead atoms. The molecule has 3 aliphatic heterocycles. The zero-order chi connectivity index (χ0) is 50.7. The Kier molecular flexibility index (Phi) is 24.6. The molecule has 68 heavy (non-hydrogen) atoms.